The third-order valence-corrected chi connectivity index (χ3v) is 6.84. The number of nitrogens with zero attached hydrogens (tertiary/aromatic N) is 2. The molecule has 2 aromatic carbocycles. The first-order valence-corrected chi connectivity index (χ1v) is 11.8. The second-order valence-electron chi connectivity index (χ2n) is 8.87. The molecule has 1 amide bonds. The van der Waals surface area contributed by atoms with Crippen LogP contribution in [-0.2, 0) is 0 Å². The number of para-hydroxylation sites is 1. The Morgan fingerprint density at radius 2 is 2.06 bits per heavy atom. The summed E-state index contributed by atoms with van der Waals surface area (Å²) in [5, 5.41) is 4.98. The van der Waals surface area contributed by atoms with Crippen molar-refractivity contribution in [2.24, 2.45) is 0 Å². The van der Waals surface area contributed by atoms with Gasteiger partial charge in [-0.2, -0.15) is 0 Å². The number of benzene rings is 2. The lowest BCUT2D eigenvalue weighted by Crippen LogP contribution is -2.35. The van der Waals surface area contributed by atoms with Crippen LogP contribution in [0.2, 0.25) is 0 Å². The van der Waals surface area contributed by atoms with Gasteiger partial charge < -0.3 is 19.9 Å². The molecule has 0 saturated carbocycles. The number of methoxy groups -OCH3 is 1. The van der Waals surface area contributed by atoms with Crippen molar-refractivity contribution in [1.29, 1.82) is 0 Å². The number of halogens is 1. The summed E-state index contributed by atoms with van der Waals surface area (Å²) in [6.45, 7) is 3.64. The summed E-state index contributed by atoms with van der Waals surface area (Å²) in [7, 11) is 1.60. The van der Waals surface area contributed by atoms with Gasteiger partial charge in [0.15, 0.2) is 0 Å². The fraction of sp³-hybridized carbons (Fsp3) is 0.333. The van der Waals surface area contributed by atoms with E-state index in [1.165, 1.54) is 11.6 Å². The van der Waals surface area contributed by atoms with E-state index in [0.717, 1.165) is 55.2 Å². The van der Waals surface area contributed by atoms with Crippen LogP contribution < -0.4 is 10.1 Å². The van der Waals surface area contributed by atoms with E-state index in [1.54, 1.807) is 25.4 Å². The molecule has 3 heterocycles. The van der Waals surface area contributed by atoms with Gasteiger partial charge >= 0.3 is 0 Å². The number of piperidine rings is 1. The molecule has 2 N–H and O–H groups in total. The summed E-state index contributed by atoms with van der Waals surface area (Å²) >= 11 is 0. The van der Waals surface area contributed by atoms with E-state index >= 15 is 0 Å². The van der Waals surface area contributed by atoms with Crippen molar-refractivity contribution < 1.29 is 13.9 Å². The number of H-pyrrole nitrogens is 1. The van der Waals surface area contributed by atoms with Gasteiger partial charge in [-0.1, -0.05) is 12.1 Å². The summed E-state index contributed by atoms with van der Waals surface area (Å²) in [5.74, 6) is 0.859. The maximum absolute atomic E-state index is 13.5. The van der Waals surface area contributed by atoms with Gasteiger partial charge in [0.05, 0.1) is 12.7 Å². The third-order valence-electron chi connectivity index (χ3n) is 6.84. The topological polar surface area (TPSA) is 70.2 Å². The lowest BCUT2D eigenvalue weighted by molar-refractivity contribution is 0.0952. The standard InChI is InChI=1S/C27H29FN4O2/c1-34-25-5-2-4-21-22(8-12-29-26(21)25)27(33)30-11-3-13-32-14-9-18(10-15-32)23-17-31-24-16-19(28)6-7-20(23)24/h2,4-8,12,16-18,31H,3,9-11,13-15H2,1H3,(H,30,33). The summed E-state index contributed by atoms with van der Waals surface area (Å²) < 4.78 is 18.8. The average molecular weight is 461 g/mol. The molecular weight excluding hydrogens is 431 g/mol. The zero-order valence-corrected chi connectivity index (χ0v) is 19.3. The summed E-state index contributed by atoms with van der Waals surface area (Å²) in [5.41, 5.74) is 3.47. The number of hydrogen-bond donors (Lipinski definition) is 2. The van der Waals surface area contributed by atoms with Crippen LogP contribution in [0, 0.1) is 5.82 Å². The second kappa shape index (κ2) is 9.81. The number of likely N-dealkylation sites (tertiary alicyclic amines) is 1. The lowest BCUT2D eigenvalue weighted by Gasteiger charge is -2.32. The van der Waals surface area contributed by atoms with Crippen LogP contribution in [0.3, 0.4) is 0 Å². The molecule has 5 rings (SSSR count). The van der Waals surface area contributed by atoms with Crippen molar-refractivity contribution in [3.8, 4) is 5.75 Å². The van der Waals surface area contributed by atoms with Gasteiger partial charge in [-0.15, -0.1) is 0 Å². The molecule has 0 atom stereocenters. The minimum atomic E-state index is -0.209. The fourth-order valence-corrected chi connectivity index (χ4v) is 5.04. The molecule has 7 heteroatoms. The van der Waals surface area contributed by atoms with E-state index in [4.69, 9.17) is 4.74 Å². The maximum atomic E-state index is 13.5. The molecule has 2 aromatic heterocycles. The molecule has 4 aromatic rings. The number of nitrogens with one attached hydrogen (secondary N) is 2. The van der Waals surface area contributed by atoms with E-state index in [2.05, 4.69) is 20.2 Å². The molecule has 34 heavy (non-hydrogen) atoms. The van der Waals surface area contributed by atoms with E-state index in [9.17, 15) is 9.18 Å². The number of aromatic amines is 1. The van der Waals surface area contributed by atoms with Crippen LogP contribution in [0.5, 0.6) is 5.75 Å². The Morgan fingerprint density at radius 1 is 1.21 bits per heavy atom. The first-order chi connectivity index (χ1) is 16.6. The van der Waals surface area contributed by atoms with Crippen molar-refractivity contribution in [2.75, 3.05) is 33.3 Å². The molecule has 1 aliphatic heterocycles. The minimum Gasteiger partial charge on any atom is -0.494 e. The normalized spacial score (nSPS) is 15.1. The largest absolute Gasteiger partial charge is 0.494 e. The Morgan fingerprint density at radius 3 is 2.88 bits per heavy atom. The van der Waals surface area contributed by atoms with Gasteiger partial charge in [0.1, 0.15) is 17.1 Å². The van der Waals surface area contributed by atoms with E-state index in [1.807, 2.05) is 30.5 Å². The first kappa shape index (κ1) is 22.3. The summed E-state index contributed by atoms with van der Waals surface area (Å²) in [4.78, 5) is 22.8. The number of amides is 1. The van der Waals surface area contributed by atoms with Gasteiger partial charge in [0.2, 0.25) is 0 Å². The van der Waals surface area contributed by atoms with Gasteiger partial charge in [0, 0.05) is 35.2 Å². The number of fused-ring (bicyclic) bond motifs is 2. The van der Waals surface area contributed by atoms with Crippen molar-refractivity contribution in [2.45, 2.75) is 25.2 Å². The molecule has 1 fully saturated rings. The van der Waals surface area contributed by atoms with Gasteiger partial charge in [-0.25, -0.2) is 4.39 Å². The average Bonchev–Trinajstić information content (AvgIpc) is 3.29. The van der Waals surface area contributed by atoms with Crippen LogP contribution in [0.1, 0.15) is 41.1 Å². The minimum absolute atomic E-state index is 0.0878. The van der Waals surface area contributed by atoms with Crippen LogP contribution in [-0.4, -0.2) is 54.1 Å². The smallest absolute Gasteiger partial charge is 0.252 e. The number of hydrogen-bond acceptors (Lipinski definition) is 4. The number of carbonyl (C=O) groups excluding carboxylic acids is 1. The Bertz CT molecular complexity index is 1310. The predicted octanol–water partition coefficient (Wildman–Crippen LogP) is 4.86. The SMILES string of the molecule is COc1cccc2c(C(=O)NCCCN3CCC(c4c[nH]c5cc(F)ccc45)CC3)ccnc12. The Balaban J connectivity index is 1.11. The summed E-state index contributed by atoms with van der Waals surface area (Å²) in [6, 6.07) is 12.3. The van der Waals surface area contributed by atoms with E-state index < -0.39 is 0 Å². The van der Waals surface area contributed by atoms with Crippen LogP contribution in [0.25, 0.3) is 21.8 Å². The zero-order chi connectivity index (χ0) is 23.5. The highest BCUT2D eigenvalue weighted by atomic mass is 19.1. The van der Waals surface area contributed by atoms with Crippen molar-refractivity contribution in [3.63, 3.8) is 0 Å². The number of aromatic nitrogens is 2. The molecule has 176 valence electrons. The molecular formula is C27H29FN4O2. The highest BCUT2D eigenvalue weighted by molar-refractivity contribution is 6.07. The molecule has 0 spiro atoms. The number of carbonyl (C=O) groups is 1. The fourth-order valence-electron chi connectivity index (χ4n) is 5.04. The third kappa shape index (κ3) is 4.48. The van der Waals surface area contributed by atoms with Crippen LogP contribution >= 0.6 is 0 Å². The Hall–Kier alpha value is -3.45. The van der Waals surface area contributed by atoms with E-state index in [0.29, 0.717) is 29.3 Å². The quantitative estimate of drug-likeness (QED) is 0.386. The van der Waals surface area contributed by atoms with Crippen molar-refractivity contribution in [1.82, 2.24) is 20.2 Å². The molecule has 1 aliphatic rings. The molecule has 1 saturated heterocycles. The molecule has 0 radical (unpaired) electrons. The lowest BCUT2D eigenvalue weighted by atomic mass is 9.89. The Kier molecular flexibility index (Phi) is 6.45. The van der Waals surface area contributed by atoms with Crippen LogP contribution in [0.4, 0.5) is 4.39 Å². The molecule has 0 bridgehead atoms. The highest BCUT2D eigenvalue weighted by Gasteiger charge is 2.22. The second-order valence-corrected chi connectivity index (χ2v) is 8.87. The van der Waals surface area contributed by atoms with Gasteiger partial charge in [-0.3, -0.25) is 9.78 Å². The van der Waals surface area contributed by atoms with Crippen molar-refractivity contribution in [3.05, 3.63) is 71.8 Å². The number of pyridine rings is 1. The predicted molar refractivity (Wildman–Crippen MR) is 132 cm³/mol. The first-order valence-electron chi connectivity index (χ1n) is 11.8. The molecule has 6 nitrogen and oxygen atoms in total. The monoisotopic (exact) mass is 460 g/mol. The maximum Gasteiger partial charge on any atom is 0.252 e. The number of rotatable bonds is 7. The summed E-state index contributed by atoms with van der Waals surface area (Å²) in [6.07, 6.45) is 6.75. The molecule has 0 aliphatic carbocycles. The highest BCUT2D eigenvalue weighted by Crippen LogP contribution is 2.33. The zero-order valence-electron chi connectivity index (χ0n) is 19.3. The van der Waals surface area contributed by atoms with Crippen molar-refractivity contribution >= 4 is 27.7 Å². The molecule has 0 unspecified atom stereocenters. The number of ether oxygens (including phenoxy) is 1. The van der Waals surface area contributed by atoms with E-state index in [-0.39, 0.29) is 11.7 Å². The van der Waals surface area contributed by atoms with Gasteiger partial charge in [0.25, 0.3) is 5.91 Å². The van der Waals surface area contributed by atoms with Gasteiger partial charge in [-0.05, 0) is 80.7 Å². The Labute approximate surface area is 198 Å². The van der Waals surface area contributed by atoms with Crippen LogP contribution in [0.15, 0.2) is 54.9 Å².